The zero-order chi connectivity index (χ0) is 14.7. The van der Waals surface area contributed by atoms with Gasteiger partial charge in [0.15, 0.2) is 0 Å². The molecule has 0 aliphatic heterocycles. The van der Waals surface area contributed by atoms with Crippen LogP contribution < -0.4 is 5.32 Å². The number of rotatable bonds is 4. The molecule has 4 nitrogen and oxygen atoms in total. The number of anilines is 1. The van der Waals surface area contributed by atoms with E-state index in [0.717, 1.165) is 6.07 Å². The van der Waals surface area contributed by atoms with Gasteiger partial charge in [-0.15, -0.1) is 0 Å². The van der Waals surface area contributed by atoms with Crippen LogP contribution in [0.15, 0.2) is 36.4 Å². The van der Waals surface area contributed by atoms with Crippen LogP contribution in [0.3, 0.4) is 0 Å². The fourth-order valence-electron chi connectivity index (χ4n) is 1.69. The lowest BCUT2D eigenvalue weighted by atomic mass is 10.2. The van der Waals surface area contributed by atoms with Crippen LogP contribution in [0.5, 0.6) is 0 Å². The number of nitro benzene ring substituents is 1. The fourth-order valence-corrected chi connectivity index (χ4v) is 1.69. The molecular formula is C13H9F3N2O2. The minimum absolute atomic E-state index is 0.0734. The Kier molecular flexibility index (Phi) is 3.88. The SMILES string of the molecule is O=[N+]([O-])c1c(F)cc(F)cc1NCc1ccc(F)cc1. The molecule has 2 rings (SSSR count). The van der Waals surface area contributed by atoms with Crippen molar-refractivity contribution in [1.29, 1.82) is 0 Å². The molecule has 0 spiro atoms. The maximum Gasteiger partial charge on any atom is 0.327 e. The first-order chi connectivity index (χ1) is 9.47. The summed E-state index contributed by atoms with van der Waals surface area (Å²) < 4.78 is 39.2. The van der Waals surface area contributed by atoms with E-state index in [1.807, 2.05) is 0 Å². The summed E-state index contributed by atoms with van der Waals surface area (Å²) in [5.74, 6) is -2.59. The van der Waals surface area contributed by atoms with E-state index in [2.05, 4.69) is 5.32 Å². The second-order valence-electron chi connectivity index (χ2n) is 4.02. The van der Waals surface area contributed by atoms with Gasteiger partial charge in [-0.1, -0.05) is 12.1 Å². The molecule has 2 aromatic rings. The lowest BCUT2D eigenvalue weighted by molar-refractivity contribution is -0.386. The van der Waals surface area contributed by atoms with Crippen LogP contribution in [0.4, 0.5) is 24.5 Å². The third-order valence-corrected chi connectivity index (χ3v) is 2.61. The molecule has 0 radical (unpaired) electrons. The Morgan fingerprint density at radius 2 is 1.70 bits per heavy atom. The van der Waals surface area contributed by atoms with Gasteiger partial charge in [-0.2, -0.15) is 4.39 Å². The van der Waals surface area contributed by atoms with Gasteiger partial charge in [0, 0.05) is 18.7 Å². The van der Waals surface area contributed by atoms with Crippen molar-refractivity contribution in [3.8, 4) is 0 Å². The molecule has 0 aliphatic rings. The fraction of sp³-hybridized carbons (Fsp3) is 0.0769. The Hall–Kier alpha value is -2.57. The number of benzene rings is 2. The van der Waals surface area contributed by atoms with Crippen LogP contribution in [-0.2, 0) is 6.54 Å². The van der Waals surface area contributed by atoms with Crippen molar-refractivity contribution in [2.45, 2.75) is 6.54 Å². The molecule has 0 fully saturated rings. The zero-order valence-electron chi connectivity index (χ0n) is 10.1. The number of hydrogen-bond acceptors (Lipinski definition) is 3. The summed E-state index contributed by atoms with van der Waals surface area (Å²) in [4.78, 5) is 9.83. The maximum absolute atomic E-state index is 13.4. The van der Waals surface area contributed by atoms with Gasteiger partial charge in [0.05, 0.1) is 4.92 Å². The van der Waals surface area contributed by atoms with E-state index in [1.54, 1.807) is 0 Å². The molecule has 0 unspecified atom stereocenters. The molecule has 2 aromatic carbocycles. The smallest absolute Gasteiger partial charge is 0.327 e. The van der Waals surface area contributed by atoms with Crippen molar-refractivity contribution < 1.29 is 18.1 Å². The van der Waals surface area contributed by atoms with E-state index in [1.165, 1.54) is 24.3 Å². The summed E-state index contributed by atoms with van der Waals surface area (Å²) in [7, 11) is 0. The first-order valence-corrected chi connectivity index (χ1v) is 5.59. The molecule has 0 heterocycles. The predicted molar refractivity (Wildman–Crippen MR) is 66.7 cm³/mol. The highest BCUT2D eigenvalue weighted by molar-refractivity contribution is 5.62. The number of nitrogens with one attached hydrogen (secondary N) is 1. The molecule has 0 atom stereocenters. The predicted octanol–water partition coefficient (Wildman–Crippen LogP) is 3.62. The van der Waals surface area contributed by atoms with Crippen LogP contribution in [0, 0.1) is 27.6 Å². The van der Waals surface area contributed by atoms with E-state index in [4.69, 9.17) is 0 Å². The molecule has 1 N–H and O–H groups in total. The van der Waals surface area contributed by atoms with Gasteiger partial charge < -0.3 is 5.32 Å². The van der Waals surface area contributed by atoms with Crippen LogP contribution in [0.25, 0.3) is 0 Å². The van der Waals surface area contributed by atoms with Crippen LogP contribution in [-0.4, -0.2) is 4.92 Å². The standard InChI is InChI=1S/C13H9F3N2O2/c14-9-3-1-8(2-4-9)7-17-12-6-10(15)5-11(16)13(12)18(19)20/h1-6,17H,7H2. The molecule has 0 bridgehead atoms. The number of nitrogens with zero attached hydrogens (tertiary/aromatic N) is 1. The zero-order valence-corrected chi connectivity index (χ0v) is 10.1. The highest BCUT2D eigenvalue weighted by atomic mass is 19.1. The second-order valence-corrected chi connectivity index (χ2v) is 4.02. The van der Waals surface area contributed by atoms with Crippen LogP contribution in [0.2, 0.25) is 0 Å². The molecule has 0 aromatic heterocycles. The summed E-state index contributed by atoms with van der Waals surface area (Å²) in [5.41, 5.74) is -0.476. The monoisotopic (exact) mass is 282 g/mol. The maximum atomic E-state index is 13.4. The quantitative estimate of drug-likeness (QED) is 0.688. The normalized spacial score (nSPS) is 10.3. The Labute approximate surface area is 112 Å². The molecule has 0 saturated heterocycles. The molecule has 0 aliphatic carbocycles. The Balaban J connectivity index is 2.24. The molecule has 104 valence electrons. The summed E-state index contributed by atoms with van der Waals surface area (Å²) >= 11 is 0. The second kappa shape index (κ2) is 5.60. The lowest BCUT2D eigenvalue weighted by Crippen LogP contribution is -2.05. The minimum Gasteiger partial charge on any atom is -0.375 e. The number of halogens is 3. The first-order valence-electron chi connectivity index (χ1n) is 5.59. The average molecular weight is 282 g/mol. The van der Waals surface area contributed by atoms with Crippen molar-refractivity contribution in [2.75, 3.05) is 5.32 Å². The van der Waals surface area contributed by atoms with Crippen molar-refractivity contribution in [3.05, 3.63) is 69.5 Å². The van der Waals surface area contributed by atoms with Gasteiger partial charge >= 0.3 is 5.69 Å². The van der Waals surface area contributed by atoms with Crippen LogP contribution in [0.1, 0.15) is 5.56 Å². The molecule has 0 saturated carbocycles. The average Bonchev–Trinajstić information content (AvgIpc) is 2.36. The van der Waals surface area contributed by atoms with Crippen molar-refractivity contribution >= 4 is 11.4 Å². The summed E-state index contributed by atoms with van der Waals surface area (Å²) in [6.07, 6.45) is 0. The minimum atomic E-state index is -1.25. The largest absolute Gasteiger partial charge is 0.375 e. The van der Waals surface area contributed by atoms with Crippen molar-refractivity contribution in [1.82, 2.24) is 0 Å². The van der Waals surface area contributed by atoms with Gasteiger partial charge in [-0.05, 0) is 17.7 Å². The highest BCUT2D eigenvalue weighted by Crippen LogP contribution is 2.29. The highest BCUT2D eigenvalue weighted by Gasteiger charge is 2.21. The van der Waals surface area contributed by atoms with Gasteiger partial charge in [0.1, 0.15) is 17.3 Å². The van der Waals surface area contributed by atoms with Crippen LogP contribution >= 0.6 is 0 Å². The summed E-state index contributed by atoms with van der Waals surface area (Å²) in [6.45, 7) is 0.0734. The lowest BCUT2D eigenvalue weighted by Gasteiger charge is -2.08. The van der Waals surface area contributed by atoms with Gasteiger partial charge in [0.2, 0.25) is 5.82 Å². The van der Waals surface area contributed by atoms with Gasteiger partial charge in [-0.3, -0.25) is 10.1 Å². The van der Waals surface area contributed by atoms with E-state index in [-0.39, 0.29) is 12.2 Å². The number of hydrogen-bond donors (Lipinski definition) is 1. The molecular weight excluding hydrogens is 273 g/mol. The Bertz CT molecular complexity index is 645. The first kappa shape index (κ1) is 13.9. The van der Waals surface area contributed by atoms with E-state index < -0.39 is 28.1 Å². The summed E-state index contributed by atoms with van der Waals surface area (Å²) in [5, 5.41) is 13.3. The van der Waals surface area contributed by atoms with Gasteiger partial charge in [-0.25, -0.2) is 8.78 Å². The third-order valence-electron chi connectivity index (χ3n) is 2.61. The third kappa shape index (κ3) is 3.05. The van der Waals surface area contributed by atoms with E-state index >= 15 is 0 Å². The Morgan fingerprint density at radius 3 is 2.30 bits per heavy atom. The molecule has 7 heteroatoms. The van der Waals surface area contributed by atoms with Gasteiger partial charge in [0.25, 0.3) is 0 Å². The van der Waals surface area contributed by atoms with Crippen molar-refractivity contribution in [2.24, 2.45) is 0 Å². The van der Waals surface area contributed by atoms with E-state index in [9.17, 15) is 23.3 Å². The topological polar surface area (TPSA) is 55.2 Å². The number of nitro groups is 1. The molecule has 20 heavy (non-hydrogen) atoms. The molecule has 0 amide bonds. The summed E-state index contributed by atoms with van der Waals surface area (Å²) in [6, 6.07) is 6.65. The van der Waals surface area contributed by atoms with Crippen molar-refractivity contribution in [3.63, 3.8) is 0 Å². The van der Waals surface area contributed by atoms with E-state index in [0.29, 0.717) is 11.6 Å². The Morgan fingerprint density at radius 1 is 1.05 bits per heavy atom.